The van der Waals surface area contributed by atoms with Crippen molar-refractivity contribution in [3.8, 4) is 5.75 Å². The van der Waals surface area contributed by atoms with Gasteiger partial charge in [-0.1, -0.05) is 18.6 Å². The first-order chi connectivity index (χ1) is 42.5. The van der Waals surface area contributed by atoms with Crippen LogP contribution in [-0.4, -0.2) is 201 Å². The van der Waals surface area contributed by atoms with E-state index in [1.807, 2.05) is 0 Å². The zero-order chi connectivity index (χ0) is 68.0. The van der Waals surface area contributed by atoms with Gasteiger partial charge in [-0.3, -0.25) is 62.3 Å². The summed E-state index contributed by atoms with van der Waals surface area (Å²) in [5.74, 6) is -16.8. The predicted molar refractivity (Wildman–Crippen MR) is 319 cm³/mol. The van der Waals surface area contributed by atoms with Gasteiger partial charge in [0, 0.05) is 19.3 Å². The monoisotopic (exact) mass is 1280 g/mol. The summed E-state index contributed by atoms with van der Waals surface area (Å²) in [5.41, 5.74) is 39.9. The second-order valence-electron chi connectivity index (χ2n) is 21.4. The number of carbonyl (C=O) groups excluding carboxylic acids is 11. The molecule has 0 radical (unpaired) electrons. The van der Waals surface area contributed by atoms with Crippen molar-refractivity contribution in [2.75, 3.05) is 26.2 Å². The summed E-state index contributed by atoms with van der Waals surface area (Å²) in [6.07, 6.45) is -4.26. The van der Waals surface area contributed by atoms with E-state index < -0.39 is 188 Å². The summed E-state index contributed by atoms with van der Waals surface area (Å²) in [6, 6.07) is -11.2. The fourth-order valence-electron chi connectivity index (χ4n) is 8.72. The number of nitrogens with one attached hydrogen (secondary N) is 9. The van der Waals surface area contributed by atoms with Crippen LogP contribution in [0, 0.1) is 0 Å². The van der Waals surface area contributed by atoms with E-state index in [0.717, 1.165) is 6.92 Å². The number of amides is 11. The van der Waals surface area contributed by atoms with Crippen LogP contribution in [0.1, 0.15) is 128 Å². The zero-order valence-corrected chi connectivity index (χ0v) is 50.4. The molecule has 1 rings (SSSR count). The Kier molecular flexibility index (Phi) is 38.0. The molecule has 11 amide bonds. The standard InChI is InChI=1S/C55H92N16O19/c1-29(72)45(71-51(85)37(19-21-44(78)79)63-46(80)32(60)10-2-6-22-56)54(88)69-39(28-42(62)75)53(87)68-38(27-41(61)74)52(86)66-35(13-5-9-25-59)48(82)64-33(11-3-7-23-57)47(81)65-34(12-4-8-24-58)49(83)67-36(18-20-43(76)77)50(84)70-40(55(89)90)26-30-14-16-31(73)17-15-30/h14-17,29,32-40,45,72-73H,2-13,18-28,56-60H2,1H3,(H2,61,74)(H2,62,75)(H,63,80)(H,64,82)(H,65,81)(H,66,86)(H,67,83)(H,68,87)(H,69,88)(H,70,84)(H,71,85)(H,76,77)(H,78,79)(H,89,90)/t29-,32+,33+,34+,35+,36+,37+,38+,39+,40+,45+/m1/s1. The number of hydrogen-bond acceptors (Lipinski definition) is 21. The van der Waals surface area contributed by atoms with Crippen molar-refractivity contribution in [3.05, 3.63) is 29.8 Å². The lowest BCUT2D eigenvalue weighted by Crippen LogP contribution is -2.62. The van der Waals surface area contributed by atoms with Gasteiger partial charge in [-0.2, -0.15) is 0 Å². The summed E-state index contributed by atoms with van der Waals surface area (Å²) in [4.78, 5) is 185. The highest BCUT2D eigenvalue weighted by atomic mass is 16.4. The molecule has 90 heavy (non-hydrogen) atoms. The molecule has 0 saturated heterocycles. The summed E-state index contributed by atoms with van der Waals surface area (Å²) in [7, 11) is 0. The SMILES string of the molecule is C[C@@H](O)[C@H](NC(=O)[C@H](CCC(=O)O)NC(=O)[C@@H](N)CCCCN)C(=O)N[C@@H](CC(N)=O)C(=O)N[C@@H](CC(N)=O)C(=O)N[C@@H](CCCCN)C(=O)N[C@@H](CCCCN)C(=O)N[C@@H](CCCCN)C(=O)N[C@@H](CCC(=O)O)C(=O)N[C@@H](Cc1ccc(O)cc1)C(=O)O. The normalized spacial score (nSPS) is 14.7. The molecule has 0 heterocycles. The number of unbranched alkanes of at least 4 members (excludes halogenated alkanes) is 4. The van der Waals surface area contributed by atoms with Gasteiger partial charge in [-0.05, 0) is 134 Å². The van der Waals surface area contributed by atoms with Gasteiger partial charge in [0.1, 0.15) is 60.1 Å². The number of phenolic OH excluding ortho intramolecular Hbond substituents is 1. The number of hydrogen-bond donors (Lipinski definition) is 21. The van der Waals surface area contributed by atoms with Crippen LogP contribution in [-0.2, 0) is 73.5 Å². The Labute approximate surface area is 519 Å². The maximum Gasteiger partial charge on any atom is 0.326 e. The third-order valence-corrected chi connectivity index (χ3v) is 13.7. The molecule has 0 aliphatic rings. The molecule has 28 N–H and O–H groups in total. The van der Waals surface area contributed by atoms with E-state index in [4.69, 9.17) is 40.1 Å². The van der Waals surface area contributed by atoms with Gasteiger partial charge in [0.2, 0.25) is 65.0 Å². The minimum absolute atomic E-state index is 0.109. The molecule has 35 nitrogen and oxygen atoms in total. The molecule has 0 spiro atoms. The Bertz CT molecular complexity index is 2560. The van der Waals surface area contributed by atoms with Gasteiger partial charge in [0.15, 0.2) is 0 Å². The lowest BCUT2D eigenvalue weighted by molar-refractivity contribution is -0.143. The Hall–Kier alpha value is -8.64. The molecular formula is C55H92N16O19. The molecule has 0 bridgehead atoms. The van der Waals surface area contributed by atoms with Crippen LogP contribution in [0.4, 0.5) is 0 Å². The highest BCUT2D eigenvalue weighted by Crippen LogP contribution is 2.14. The maximum absolute atomic E-state index is 14.3. The summed E-state index contributed by atoms with van der Waals surface area (Å²) < 4.78 is 0. The molecule has 0 aromatic heterocycles. The van der Waals surface area contributed by atoms with Crippen LogP contribution in [0.15, 0.2) is 24.3 Å². The van der Waals surface area contributed by atoms with Crippen LogP contribution in [0.25, 0.3) is 0 Å². The van der Waals surface area contributed by atoms with Gasteiger partial charge >= 0.3 is 17.9 Å². The fourth-order valence-corrected chi connectivity index (χ4v) is 8.72. The average Bonchev–Trinajstić information content (AvgIpc) is 1.31. The number of carbonyl (C=O) groups is 14. The van der Waals surface area contributed by atoms with E-state index in [-0.39, 0.29) is 83.2 Å². The van der Waals surface area contributed by atoms with E-state index in [1.54, 1.807) is 0 Å². The molecule has 0 fully saturated rings. The highest BCUT2D eigenvalue weighted by Gasteiger charge is 2.37. The zero-order valence-electron chi connectivity index (χ0n) is 50.4. The predicted octanol–water partition coefficient (Wildman–Crippen LogP) is -6.91. The lowest BCUT2D eigenvalue weighted by atomic mass is 10.0. The number of phenols is 1. The molecule has 1 aromatic rings. The Morgan fingerprint density at radius 2 is 0.700 bits per heavy atom. The Morgan fingerprint density at radius 1 is 0.400 bits per heavy atom. The van der Waals surface area contributed by atoms with Gasteiger partial charge in [0.25, 0.3) is 0 Å². The number of aliphatic hydroxyl groups is 1. The summed E-state index contributed by atoms with van der Waals surface area (Å²) in [6.45, 7) is 1.74. The van der Waals surface area contributed by atoms with E-state index in [0.29, 0.717) is 37.8 Å². The number of aliphatic hydroxyl groups excluding tert-OH is 1. The number of aromatic hydroxyl groups is 1. The first kappa shape index (κ1) is 79.4. The number of benzene rings is 1. The van der Waals surface area contributed by atoms with E-state index in [9.17, 15) is 92.7 Å². The Balaban J connectivity index is 3.59. The van der Waals surface area contributed by atoms with Crippen LogP contribution in [0.2, 0.25) is 0 Å². The van der Waals surface area contributed by atoms with Crippen molar-refractivity contribution in [2.24, 2.45) is 40.1 Å². The van der Waals surface area contributed by atoms with Crippen LogP contribution in [0.3, 0.4) is 0 Å². The van der Waals surface area contributed by atoms with E-state index in [1.165, 1.54) is 24.3 Å². The molecule has 0 unspecified atom stereocenters. The smallest absolute Gasteiger partial charge is 0.326 e. The van der Waals surface area contributed by atoms with Crippen molar-refractivity contribution in [3.63, 3.8) is 0 Å². The van der Waals surface area contributed by atoms with E-state index in [2.05, 4.69) is 47.9 Å². The quantitative estimate of drug-likeness (QED) is 0.0270. The Morgan fingerprint density at radius 3 is 1.03 bits per heavy atom. The van der Waals surface area contributed by atoms with Crippen molar-refractivity contribution < 1.29 is 92.7 Å². The lowest BCUT2D eigenvalue weighted by Gasteiger charge is -2.28. The summed E-state index contributed by atoms with van der Waals surface area (Å²) >= 11 is 0. The van der Waals surface area contributed by atoms with Crippen molar-refractivity contribution in [1.29, 1.82) is 0 Å². The third kappa shape index (κ3) is 32.0. The maximum atomic E-state index is 14.3. The molecule has 0 aliphatic heterocycles. The third-order valence-electron chi connectivity index (χ3n) is 13.7. The molecular weight excluding hydrogens is 1190 g/mol. The van der Waals surface area contributed by atoms with Crippen molar-refractivity contribution in [2.45, 2.75) is 195 Å². The van der Waals surface area contributed by atoms with Gasteiger partial charge in [0.05, 0.1) is 25.0 Å². The first-order valence-electron chi connectivity index (χ1n) is 29.5. The topological polar surface area (TPSA) is 631 Å². The summed E-state index contributed by atoms with van der Waals surface area (Å²) in [5, 5.41) is 70.1. The number of carboxylic acids is 3. The molecule has 35 heteroatoms. The second kappa shape index (κ2) is 43.1. The molecule has 11 atom stereocenters. The van der Waals surface area contributed by atoms with Gasteiger partial charge in [-0.15, -0.1) is 0 Å². The minimum atomic E-state index is -2.03. The van der Waals surface area contributed by atoms with Crippen LogP contribution >= 0.6 is 0 Å². The second-order valence-corrected chi connectivity index (χ2v) is 21.4. The van der Waals surface area contributed by atoms with Crippen LogP contribution in [0.5, 0.6) is 5.75 Å². The molecule has 1 aromatic carbocycles. The van der Waals surface area contributed by atoms with Gasteiger partial charge < -0.3 is 114 Å². The minimum Gasteiger partial charge on any atom is -0.508 e. The van der Waals surface area contributed by atoms with Crippen molar-refractivity contribution >= 4 is 82.9 Å². The van der Waals surface area contributed by atoms with Gasteiger partial charge in [-0.25, -0.2) is 4.79 Å². The largest absolute Gasteiger partial charge is 0.508 e. The molecule has 506 valence electrons. The number of rotatable bonds is 48. The van der Waals surface area contributed by atoms with E-state index >= 15 is 0 Å². The average molecular weight is 1280 g/mol. The number of primary amides is 2. The van der Waals surface area contributed by atoms with Crippen LogP contribution < -0.4 is 88.0 Å². The first-order valence-corrected chi connectivity index (χ1v) is 29.5. The fraction of sp³-hybridized carbons (Fsp3) is 0.636. The molecule has 0 aliphatic carbocycles. The number of nitrogens with two attached hydrogens (primary N) is 7. The highest BCUT2D eigenvalue weighted by molar-refractivity contribution is 6.00. The number of aliphatic carboxylic acids is 3. The van der Waals surface area contributed by atoms with Crippen molar-refractivity contribution in [1.82, 2.24) is 47.9 Å². The number of carboxylic acid groups (broad SMARTS) is 3. The molecule has 0 saturated carbocycles.